The molecule has 0 fully saturated rings. The van der Waals surface area contributed by atoms with Crippen LogP contribution in [-0.2, 0) is 4.79 Å². The first-order valence-corrected chi connectivity index (χ1v) is 7.68. The number of ketones is 1. The van der Waals surface area contributed by atoms with Crippen LogP contribution >= 0.6 is 11.6 Å². The summed E-state index contributed by atoms with van der Waals surface area (Å²) < 4.78 is 5.39. The minimum Gasteiger partial charge on any atom is -0.474 e. The average molecular weight is 363 g/mol. The number of hydrogen-bond donors (Lipinski definition) is 1. The minimum absolute atomic E-state index is 0.0519. The smallest absolute Gasteiger partial charge is 0.312 e. The van der Waals surface area contributed by atoms with Crippen LogP contribution < -0.4 is 10.1 Å². The molecule has 0 heterocycles. The van der Waals surface area contributed by atoms with Crippen molar-refractivity contribution in [3.05, 3.63) is 63.2 Å². The van der Waals surface area contributed by atoms with E-state index in [9.17, 15) is 19.7 Å². The summed E-state index contributed by atoms with van der Waals surface area (Å²) in [5, 5.41) is 13.9. The molecular formula is C17H15ClN2O5. The van der Waals surface area contributed by atoms with Crippen molar-refractivity contribution in [1.82, 2.24) is 0 Å². The van der Waals surface area contributed by atoms with Crippen molar-refractivity contribution in [1.29, 1.82) is 0 Å². The van der Waals surface area contributed by atoms with Gasteiger partial charge in [-0.2, -0.15) is 0 Å². The minimum atomic E-state index is -0.979. The third-order valence-corrected chi connectivity index (χ3v) is 3.58. The Labute approximate surface area is 148 Å². The Balaban J connectivity index is 2.08. The van der Waals surface area contributed by atoms with Gasteiger partial charge in [-0.25, -0.2) is 0 Å². The number of rotatable bonds is 6. The third-order valence-electron chi connectivity index (χ3n) is 3.35. The lowest BCUT2D eigenvalue weighted by Crippen LogP contribution is -2.30. The maximum atomic E-state index is 12.2. The lowest BCUT2D eigenvalue weighted by Gasteiger charge is -2.15. The van der Waals surface area contributed by atoms with Crippen molar-refractivity contribution in [3.63, 3.8) is 0 Å². The van der Waals surface area contributed by atoms with E-state index in [-0.39, 0.29) is 22.2 Å². The van der Waals surface area contributed by atoms with Gasteiger partial charge in [-0.05, 0) is 50.2 Å². The van der Waals surface area contributed by atoms with Crippen molar-refractivity contribution in [2.75, 3.05) is 5.32 Å². The fraction of sp³-hybridized carbons (Fsp3) is 0.176. The SMILES string of the molecule is CC(=O)c1ccc(NC(=O)[C@H](C)Oc2ccc(Cl)cc2[N+](=O)[O-])cc1. The van der Waals surface area contributed by atoms with E-state index in [1.807, 2.05) is 0 Å². The van der Waals surface area contributed by atoms with Crippen LogP contribution in [0.4, 0.5) is 11.4 Å². The van der Waals surface area contributed by atoms with Crippen molar-refractivity contribution in [3.8, 4) is 5.75 Å². The Hall–Kier alpha value is -2.93. The number of benzene rings is 2. The summed E-state index contributed by atoms with van der Waals surface area (Å²) in [6.45, 7) is 2.92. The number of nitro benzene ring substituents is 1. The molecule has 0 saturated heterocycles. The van der Waals surface area contributed by atoms with E-state index in [4.69, 9.17) is 16.3 Å². The molecule has 2 rings (SSSR count). The molecule has 1 N–H and O–H groups in total. The molecule has 0 spiro atoms. The van der Waals surface area contributed by atoms with Crippen molar-refractivity contribution < 1.29 is 19.2 Å². The second-order valence-electron chi connectivity index (χ2n) is 5.25. The Morgan fingerprint density at radius 2 is 1.84 bits per heavy atom. The molecule has 130 valence electrons. The zero-order chi connectivity index (χ0) is 18.6. The number of hydrogen-bond acceptors (Lipinski definition) is 5. The predicted molar refractivity (Wildman–Crippen MR) is 93.3 cm³/mol. The largest absolute Gasteiger partial charge is 0.474 e. The van der Waals surface area contributed by atoms with Crippen molar-refractivity contribution in [2.24, 2.45) is 0 Å². The summed E-state index contributed by atoms with van der Waals surface area (Å²) in [5.74, 6) is -0.617. The molecule has 2 aromatic carbocycles. The van der Waals surface area contributed by atoms with Gasteiger partial charge < -0.3 is 10.1 Å². The standard InChI is InChI=1S/C17H15ClN2O5/c1-10(21)12-3-6-14(7-4-12)19-17(22)11(2)25-16-8-5-13(18)9-15(16)20(23)24/h3-9,11H,1-2H3,(H,19,22)/t11-/m0/s1. The molecule has 0 aromatic heterocycles. The summed E-state index contributed by atoms with van der Waals surface area (Å²) in [7, 11) is 0. The number of anilines is 1. The van der Waals surface area contributed by atoms with Crippen LogP contribution in [-0.4, -0.2) is 22.7 Å². The molecular weight excluding hydrogens is 348 g/mol. The molecule has 25 heavy (non-hydrogen) atoms. The number of nitrogens with one attached hydrogen (secondary N) is 1. The second kappa shape index (κ2) is 7.76. The summed E-state index contributed by atoms with van der Waals surface area (Å²) in [5.41, 5.74) is 0.688. The molecule has 0 aliphatic carbocycles. The highest BCUT2D eigenvalue weighted by molar-refractivity contribution is 6.30. The zero-order valence-electron chi connectivity index (χ0n) is 13.5. The Morgan fingerprint density at radius 3 is 2.40 bits per heavy atom. The normalized spacial score (nSPS) is 11.5. The molecule has 8 heteroatoms. The van der Waals surface area contributed by atoms with E-state index in [1.165, 1.54) is 26.0 Å². The molecule has 0 radical (unpaired) electrons. The number of carbonyl (C=O) groups excluding carboxylic acids is 2. The number of carbonyl (C=O) groups is 2. The van der Waals surface area contributed by atoms with Gasteiger partial charge in [-0.1, -0.05) is 11.6 Å². The summed E-state index contributed by atoms with van der Waals surface area (Å²) >= 11 is 5.74. The summed E-state index contributed by atoms with van der Waals surface area (Å²) in [6, 6.07) is 10.3. The number of Topliss-reactive ketones (excluding diaryl/α,β-unsaturated/α-hetero) is 1. The van der Waals surface area contributed by atoms with Gasteiger partial charge in [0.2, 0.25) is 0 Å². The Bertz CT molecular complexity index is 820. The first-order chi connectivity index (χ1) is 11.8. The molecule has 0 aliphatic rings. The van der Waals surface area contributed by atoms with Crippen molar-refractivity contribution >= 4 is 34.7 Å². The summed E-state index contributed by atoms with van der Waals surface area (Å²) in [6.07, 6.45) is -0.979. The fourth-order valence-corrected chi connectivity index (χ4v) is 2.18. The molecule has 0 aliphatic heterocycles. The van der Waals surface area contributed by atoms with Crippen LogP contribution in [0.15, 0.2) is 42.5 Å². The maximum Gasteiger partial charge on any atom is 0.312 e. The highest BCUT2D eigenvalue weighted by Crippen LogP contribution is 2.30. The van der Waals surface area contributed by atoms with Gasteiger partial charge in [-0.3, -0.25) is 19.7 Å². The van der Waals surface area contributed by atoms with E-state index in [1.54, 1.807) is 24.3 Å². The van der Waals surface area contributed by atoms with Gasteiger partial charge in [0.05, 0.1) is 4.92 Å². The maximum absolute atomic E-state index is 12.2. The van der Waals surface area contributed by atoms with Gasteiger partial charge in [-0.15, -0.1) is 0 Å². The van der Waals surface area contributed by atoms with Crippen LogP contribution in [0.3, 0.4) is 0 Å². The molecule has 0 bridgehead atoms. The van der Waals surface area contributed by atoms with E-state index < -0.39 is 16.9 Å². The quantitative estimate of drug-likeness (QED) is 0.478. The first kappa shape index (κ1) is 18.4. The van der Waals surface area contributed by atoms with E-state index in [2.05, 4.69) is 5.32 Å². The zero-order valence-corrected chi connectivity index (χ0v) is 14.2. The van der Waals surface area contributed by atoms with Crippen LogP contribution in [0.5, 0.6) is 5.75 Å². The Morgan fingerprint density at radius 1 is 1.20 bits per heavy atom. The first-order valence-electron chi connectivity index (χ1n) is 7.30. The average Bonchev–Trinajstić information content (AvgIpc) is 2.56. The second-order valence-corrected chi connectivity index (χ2v) is 5.69. The number of amides is 1. The van der Waals surface area contributed by atoms with Gasteiger partial charge in [0.25, 0.3) is 5.91 Å². The van der Waals surface area contributed by atoms with E-state index in [0.29, 0.717) is 11.3 Å². The van der Waals surface area contributed by atoms with Gasteiger partial charge in [0.1, 0.15) is 0 Å². The monoisotopic (exact) mass is 362 g/mol. The molecule has 0 unspecified atom stereocenters. The number of nitrogens with zero attached hydrogens (tertiary/aromatic N) is 1. The molecule has 1 amide bonds. The summed E-state index contributed by atoms with van der Waals surface area (Å²) in [4.78, 5) is 33.8. The van der Waals surface area contributed by atoms with Gasteiger partial charge in [0, 0.05) is 22.3 Å². The van der Waals surface area contributed by atoms with E-state index in [0.717, 1.165) is 6.07 Å². The lowest BCUT2D eigenvalue weighted by atomic mass is 10.1. The predicted octanol–water partition coefficient (Wildman–Crippen LogP) is 3.86. The lowest BCUT2D eigenvalue weighted by molar-refractivity contribution is -0.386. The van der Waals surface area contributed by atoms with Crippen molar-refractivity contribution in [2.45, 2.75) is 20.0 Å². The van der Waals surface area contributed by atoms with Crippen LogP contribution in [0.25, 0.3) is 0 Å². The van der Waals surface area contributed by atoms with Crippen LogP contribution in [0.2, 0.25) is 5.02 Å². The Kier molecular flexibility index (Phi) is 5.71. The highest BCUT2D eigenvalue weighted by Gasteiger charge is 2.21. The molecule has 7 nitrogen and oxygen atoms in total. The molecule has 0 saturated carbocycles. The topological polar surface area (TPSA) is 98.5 Å². The van der Waals surface area contributed by atoms with Crippen LogP contribution in [0, 0.1) is 10.1 Å². The van der Waals surface area contributed by atoms with E-state index >= 15 is 0 Å². The van der Waals surface area contributed by atoms with Crippen LogP contribution in [0.1, 0.15) is 24.2 Å². The molecule has 2 aromatic rings. The number of ether oxygens (including phenoxy) is 1. The molecule has 1 atom stereocenters. The third kappa shape index (κ3) is 4.77. The number of nitro groups is 1. The van der Waals surface area contributed by atoms with Gasteiger partial charge >= 0.3 is 5.69 Å². The highest BCUT2D eigenvalue weighted by atomic mass is 35.5. The number of halogens is 1. The van der Waals surface area contributed by atoms with Gasteiger partial charge in [0.15, 0.2) is 17.6 Å². The fourth-order valence-electron chi connectivity index (χ4n) is 2.01.